The fourth-order valence-electron chi connectivity index (χ4n) is 4.79. The van der Waals surface area contributed by atoms with Gasteiger partial charge in [0.25, 0.3) is 5.69 Å². The molecule has 1 aliphatic heterocycles. The van der Waals surface area contributed by atoms with Crippen LogP contribution in [0.5, 0.6) is 0 Å². The molecule has 3 aromatic carbocycles. The van der Waals surface area contributed by atoms with E-state index in [0.29, 0.717) is 19.8 Å². The van der Waals surface area contributed by atoms with Gasteiger partial charge in [-0.05, 0) is 42.4 Å². The number of hydrogen-bond donors (Lipinski definition) is 0. The van der Waals surface area contributed by atoms with Crippen molar-refractivity contribution in [2.24, 2.45) is 0 Å². The Morgan fingerprint density at radius 3 is 2.08 bits per heavy atom. The molecule has 0 radical (unpaired) electrons. The maximum absolute atomic E-state index is 13.2. The fourth-order valence-corrected chi connectivity index (χ4v) is 6.71. The van der Waals surface area contributed by atoms with E-state index in [-0.39, 0.29) is 18.0 Å². The van der Waals surface area contributed by atoms with Gasteiger partial charge < -0.3 is 9.13 Å². The minimum Gasteiger partial charge on any atom is -0.316 e. The number of piperazine rings is 1. The number of nitrogens with zero attached hydrogens (tertiary/aromatic N) is 5. The Kier molecular flexibility index (Phi) is 7.20. The lowest BCUT2D eigenvalue weighted by Gasteiger charge is -2.34. The average molecular weight is 538 g/mol. The number of sulfonamides is 1. The standard InChI is InChI=1S/C26H27N5O4S2/c32-31(33)24-12-6-7-13-25(24)37(34,35)28-18-16-27(17-19-28)20-30-23-11-5-4-10-22(23)29(26(30)36)15-14-21-8-2-1-3-9-21/h1-13H,14-20H2. The molecule has 2 heterocycles. The Balaban J connectivity index is 1.32. The van der Waals surface area contributed by atoms with Crippen LogP contribution >= 0.6 is 12.2 Å². The summed E-state index contributed by atoms with van der Waals surface area (Å²) >= 11 is 5.89. The number of hydrogen-bond acceptors (Lipinski definition) is 6. The fraction of sp³-hybridized carbons (Fsp3) is 0.269. The molecule has 1 fully saturated rings. The highest BCUT2D eigenvalue weighted by Gasteiger charge is 2.33. The second kappa shape index (κ2) is 10.5. The van der Waals surface area contributed by atoms with Crippen molar-refractivity contribution < 1.29 is 13.3 Å². The van der Waals surface area contributed by atoms with E-state index in [1.165, 1.54) is 34.1 Å². The van der Waals surface area contributed by atoms with Gasteiger partial charge in [-0.2, -0.15) is 4.31 Å². The zero-order valence-corrected chi connectivity index (χ0v) is 21.8. The lowest BCUT2D eigenvalue weighted by atomic mass is 10.1. The van der Waals surface area contributed by atoms with Crippen molar-refractivity contribution in [3.05, 3.63) is 99.3 Å². The summed E-state index contributed by atoms with van der Waals surface area (Å²) in [6.07, 6.45) is 0.866. The van der Waals surface area contributed by atoms with E-state index in [4.69, 9.17) is 12.2 Å². The van der Waals surface area contributed by atoms with Crippen LogP contribution in [0, 0.1) is 14.9 Å². The van der Waals surface area contributed by atoms with Crippen molar-refractivity contribution in [3.63, 3.8) is 0 Å². The van der Waals surface area contributed by atoms with Gasteiger partial charge in [-0.1, -0.05) is 54.6 Å². The van der Waals surface area contributed by atoms with Crippen LogP contribution in [0.25, 0.3) is 11.0 Å². The number of nitro benzene ring substituents is 1. The molecule has 0 atom stereocenters. The van der Waals surface area contributed by atoms with Crippen LogP contribution in [0.4, 0.5) is 5.69 Å². The molecule has 0 amide bonds. The molecular formula is C26H27N5O4S2. The third kappa shape index (κ3) is 5.08. The molecule has 11 heteroatoms. The number of rotatable bonds is 8. The second-order valence-corrected chi connectivity index (χ2v) is 11.2. The van der Waals surface area contributed by atoms with E-state index in [1.807, 2.05) is 30.3 Å². The molecule has 37 heavy (non-hydrogen) atoms. The number of benzene rings is 3. The summed E-state index contributed by atoms with van der Waals surface area (Å²) in [7, 11) is -3.97. The molecule has 1 aliphatic rings. The van der Waals surface area contributed by atoms with Crippen LogP contribution in [0.15, 0.2) is 83.8 Å². The number of imidazole rings is 1. The Hall–Kier alpha value is -3.38. The number of para-hydroxylation sites is 3. The largest absolute Gasteiger partial charge is 0.316 e. The third-order valence-corrected chi connectivity index (χ3v) is 9.13. The first-order chi connectivity index (χ1) is 17.9. The minimum absolute atomic E-state index is 0.244. The van der Waals surface area contributed by atoms with Gasteiger partial charge in [0.15, 0.2) is 9.67 Å². The Morgan fingerprint density at radius 1 is 0.811 bits per heavy atom. The minimum atomic E-state index is -3.97. The van der Waals surface area contributed by atoms with Crippen LogP contribution < -0.4 is 0 Å². The Labute approximate surface area is 220 Å². The molecule has 0 unspecified atom stereocenters. The van der Waals surface area contributed by atoms with Crippen molar-refractivity contribution in [2.45, 2.75) is 24.5 Å². The van der Waals surface area contributed by atoms with Crippen molar-refractivity contribution in [1.82, 2.24) is 18.3 Å². The van der Waals surface area contributed by atoms with Gasteiger partial charge in [0, 0.05) is 38.8 Å². The molecule has 0 aliphatic carbocycles. The van der Waals surface area contributed by atoms with Gasteiger partial charge in [-0.25, -0.2) is 8.42 Å². The van der Waals surface area contributed by atoms with Crippen LogP contribution in [0.1, 0.15) is 5.56 Å². The van der Waals surface area contributed by atoms with E-state index in [9.17, 15) is 18.5 Å². The van der Waals surface area contributed by atoms with Crippen molar-refractivity contribution in [1.29, 1.82) is 0 Å². The van der Waals surface area contributed by atoms with Gasteiger partial charge in [0.2, 0.25) is 10.0 Å². The summed E-state index contributed by atoms with van der Waals surface area (Å²) in [6.45, 7) is 2.77. The predicted molar refractivity (Wildman–Crippen MR) is 144 cm³/mol. The van der Waals surface area contributed by atoms with E-state index in [1.54, 1.807) is 0 Å². The number of aromatic nitrogens is 2. The maximum Gasteiger partial charge on any atom is 0.289 e. The zero-order valence-electron chi connectivity index (χ0n) is 20.1. The molecule has 1 saturated heterocycles. The van der Waals surface area contributed by atoms with Gasteiger partial charge in [0.1, 0.15) is 0 Å². The highest BCUT2D eigenvalue weighted by Crippen LogP contribution is 2.27. The molecule has 0 bridgehead atoms. The normalized spacial score (nSPS) is 15.2. The van der Waals surface area contributed by atoms with Crippen molar-refractivity contribution in [3.8, 4) is 0 Å². The van der Waals surface area contributed by atoms with Crippen molar-refractivity contribution >= 4 is 39.0 Å². The number of nitro groups is 1. The summed E-state index contributed by atoms with van der Waals surface area (Å²) in [6, 6.07) is 23.9. The first-order valence-corrected chi connectivity index (χ1v) is 13.9. The quantitative estimate of drug-likeness (QED) is 0.189. The van der Waals surface area contributed by atoms with E-state index >= 15 is 0 Å². The van der Waals surface area contributed by atoms with Crippen LogP contribution in [-0.4, -0.2) is 57.9 Å². The average Bonchev–Trinajstić information content (AvgIpc) is 3.18. The second-order valence-electron chi connectivity index (χ2n) is 8.97. The first kappa shape index (κ1) is 25.3. The zero-order chi connectivity index (χ0) is 26.0. The van der Waals surface area contributed by atoms with E-state index in [2.05, 4.69) is 38.3 Å². The highest BCUT2D eigenvalue weighted by molar-refractivity contribution is 7.89. The van der Waals surface area contributed by atoms with Crippen LogP contribution in [0.2, 0.25) is 0 Å². The van der Waals surface area contributed by atoms with Crippen LogP contribution in [-0.2, 0) is 29.7 Å². The molecule has 0 N–H and O–H groups in total. The van der Waals surface area contributed by atoms with Gasteiger partial charge in [0.05, 0.1) is 22.6 Å². The van der Waals surface area contributed by atoms with E-state index in [0.717, 1.165) is 28.8 Å². The number of aryl methyl sites for hydroxylation is 2. The monoisotopic (exact) mass is 537 g/mol. The van der Waals surface area contributed by atoms with Crippen LogP contribution in [0.3, 0.4) is 0 Å². The summed E-state index contributed by atoms with van der Waals surface area (Å²) < 4.78 is 32.7. The molecule has 0 saturated carbocycles. The molecule has 0 spiro atoms. The Bertz CT molecular complexity index is 1590. The molecular weight excluding hydrogens is 510 g/mol. The smallest absolute Gasteiger partial charge is 0.289 e. The predicted octanol–water partition coefficient (Wildman–Crippen LogP) is 4.29. The Morgan fingerprint density at radius 2 is 1.41 bits per heavy atom. The summed E-state index contributed by atoms with van der Waals surface area (Å²) in [5.41, 5.74) is 2.95. The third-order valence-electron chi connectivity index (χ3n) is 6.74. The molecule has 1 aromatic heterocycles. The van der Waals surface area contributed by atoms with Gasteiger partial charge >= 0.3 is 0 Å². The number of fused-ring (bicyclic) bond motifs is 1. The SMILES string of the molecule is O=[N+]([O-])c1ccccc1S(=O)(=O)N1CCN(Cn2c(=S)n(CCc3ccccc3)c3ccccc32)CC1. The molecule has 9 nitrogen and oxygen atoms in total. The topological polar surface area (TPSA) is 93.6 Å². The summed E-state index contributed by atoms with van der Waals surface area (Å²) in [5, 5.41) is 11.4. The summed E-state index contributed by atoms with van der Waals surface area (Å²) in [5.74, 6) is 0. The molecule has 4 aromatic rings. The van der Waals surface area contributed by atoms with Gasteiger partial charge in [-0.15, -0.1) is 0 Å². The molecule has 5 rings (SSSR count). The van der Waals surface area contributed by atoms with Gasteiger partial charge in [-0.3, -0.25) is 15.0 Å². The molecule has 192 valence electrons. The lowest BCUT2D eigenvalue weighted by molar-refractivity contribution is -0.387. The van der Waals surface area contributed by atoms with Crippen molar-refractivity contribution in [2.75, 3.05) is 26.2 Å². The lowest BCUT2D eigenvalue weighted by Crippen LogP contribution is -2.48. The first-order valence-electron chi connectivity index (χ1n) is 12.0. The highest BCUT2D eigenvalue weighted by atomic mass is 32.2. The van der Waals surface area contributed by atoms with E-state index < -0.39 is 20.6 Å². The summed E-state index contributed by atoms with van der Waals surface area (Å²) in [4.78, 5) is 12.6. The maximum atomic E-state index is 13.2.